The van der Waals surface area contributed by atoms with E-state index >= 15 is 0 Å². The predicted molar refractivity (Wildman–Crippen MR) is 84.3 cm³/mol. The summed E-state index contributed by atoms with van der Waals surface area (Å²) in [4.78, 5) is 0. The molecule has 0 N–H and O–H groups in total. The van der Waals surface area contributed by atoms with E-state index in [-0.39, 0.29) is 0 Å². The quantitative estimate of drug-likeness (QED) is 0.310. The summed E-state index contributed by atoms with van der Waals surface area (Å²) in [6.07, 6.45) is 13.8. The average Bonchev–Trinajstić information content (AvgIpc) is 2.25. The minimum atomic E-state index is -1.51. The van der Waals surface area contributed by atoms with Gasteiger partial charge in [-0.2, -0.15) is 0 Å². The first kappa shape index (κ1) is 17.7. The van der Waals surface area contributed by atoms with E-state index in [1.54, 1.807) is 0 Å². The molecular weight excluding hydrogens is 236 g/mol. The van der Waals surface area contributed by atoms with Crippen molar-refractivity contribution in [2.45, 2.75) is 83.8 Å². The molecule has 0 saturated carbocycles. The number of terminal acetylenes is 1. The molecule has 0 spiro atoms. The van der Waals surface area contributed by atoms with Gasteiger partial charge in [0.1, 0.15) is 0 Å². The van der Waals surface area contributed by atoms with Crippen LogP contribution in [-0.2, 0) is 4.43 Å². The van der Waals surface area contributed by atoms with Gasteiger partial charge in [0.25, 0.3) is 0 Å². The highest BCUT2D eigenvalue weighted by Gasteiger charge is 2.36. The SMILES string of the molecule is C#CCCCCCCCCO[Si](C)(C)C(C)(C)C. The number of hydrogen-bond donors (Lipinski definition) is 0. The van der Waals surface area contributed by atoms with Gasteiger partial charge in [0.15, 0.2) is 8.32 Å². The maximum Gasteiger partial charge on any atom is 0.191 e. The lowest BCUT2D eigenvalue weighted by atomic mass is 10.1. The zero-order valence-electron chi connectivity index (χ0n) is 13.1. The van der Waals surface area contributed by atoms with Crippen molar-refractivity contribution in [2.75, 3.05) is 6.61 Å². The molecular formula is C16H32OSi. The zero-order chi connectivity index (χ0) is 14.1. The topological polar surface area (TPSA) is 9.23 Å². The van der Waals surface area contributed by atoms with E-state index in [2.05, 4.69) is 39.8 Å². The summed E-state index contributed by atoms with van der Waals surface area (Å²) in [6.45, 7) is 12.5. The van der Waals surface area contributed by atoms with Crippen LogP contribution in [0.4, 0.5) is 0 Å². The van der Waals surface area contributed by atoms with Crippen LogP contribution in [0.15, 0.2) is 0 Å². The highest BCUT2D eigenvalue weighted by Crippen LogP contribution is 2.36. The Morgan fingerprint density at radius 3 is 1.94 bits per heavy atom. The summed E-state index contributed by atoms with van der Waals surface area (Å²) in [5, 5.41) is 0.336. The van der Waals surface area contributed by atoms with Gasteiger partial charge < -0.3 is 4.43 Å². The van der Waals surface area contributed by atoms with E-state index in [1.165, 1.54) is 38.5 Å². The molecule has 0 aromatic carbocycles. The number of rotatable bonds is 9. The minimum Gasteiger partial charge on any atom is -0.417 e. The molecule has 0 radical (unpaired) electrons. The van der Waals surface area contributed by atoms with Gasteiger partial charge in [0, 0.05) is 13.0 Å². The van der Waals surface area contributed by atoms with Gasteiger partial charge in [-0.1, -0.05) is 46.5 Å². The van der Waals surface area contributed by atoms with Gasteiger partial charge in [-0.3, -0.25) is 0 Å². The highest BCUT2D eigenvalue weighted by atomic mass is 28.4. The minimum absolute atomic E-state index is 0.336. The predicted octanol–water partition coefficient (Wildman–Crippen LogP) is 5.37. The standard InChI is InChI=1S/C16H32OSi/c1-7-8-9-10-11-12-13-14-15-17-18(5,6)16(2,3)4/h1H,8-15H2,2-6H3. The fourth-order valence-corrected chi connectivity index (χ4v) is 2.67. The number of unbranched alkanes of at least 4 members (excludes halogenated alkanes) is 6. The first-order valence-corrected chi connectivity index (χ1v) is 10.3. The van der Waals surface area contributed by atoms with Crippen LogP contribution in [0.25, 0.3) is 0 Å². The van der Waals surface area contributed by atoms with E-state index in [0.29, 0.717) is 5.04 Å². The van der Waals surface area contributed by atoms with Crippen molar-refractivity contribution in [3.05, 3.63) is 0 Å². The lowest BCUT2D eigenvalue weighted by Crippen LogP contribution is -2.40. The fourth-order valence-electron chi connectivity index (χ4n) is 1.58. The van der Waals surface area contributed by atoms with Gasteiger partial charge in [-0.25, -0.2) is 0 Å². The Labute approximate surface area is 116 Å². The lowest BCUT2D eigenvalue weighted by molar-refractivity contribution is 0.277. The molecule has 0 bridgehead atoms. The van der Waals surface area contributed by atoms with Crippen LogP contribution in [0.3, 0.4) is 0 Å². The van der Waals surface area contributed by atoms with Gasteiger partial charge in [0.2, 0.25) is 0 Å². The van der Waals surface area contributed by atoms with Crippen molar-refractivity contribution in [3.8, 4) is 12.3 Å². The van der Waals surface area contributed by atoms with E-state index in [0.717, 1.165) is 13.0 Å². The smallest absolute Gasteiger partial charge is 0.191 e. The maximum atomic E-state index is 6.15. The lowest BCUT2D eigenvalue weighted by Gasteiger charge is -2.36. The third-order valence-corrected chi connectivity index (χ3v) is 8.52. The first-order chi connectivity index (χ1) is 8.31. The summed E-state index contributed by atoms with van der Waals surface area (Å²) in [6, 6.07) is 0. The van der Waals surface area contributed by atoms with Gasteiger partial charge in [0.05, 0.1) is 0 Å². The Hall–Kier alpha value is -0.263. The monoisotopic (exact) mass is 268 g/mol. The third kappa shape index (κ3) is 7.95. The van der Waals surface area contributed by atoms with Crippen LogP contribution in [-0.4, -0.2) is 14.9 Å². The molecule has 0 fully saturated rings. The second kappa shape index (κ2) is 8.77. The van der Waals surface area contributed by atoms with E-state index in [9.17, 15) is 0 Å². The van der Waals surface area contributed by atoms with E-state index in [4.69, 9.17) is 10.8 Å². The molecule has 0 aliphatic carbocycles. The Balaban J connectivity index is 3.44. The van der Waals surface area contributed by atoms with Crippen molar-refractivity contribution >= 4 is 8.32 Å². The van der Waals surface area contributed by atoms with Gasteiger partial charge in [-0.15, -0.1) is 12.3 Å². The second-order valence-corrected chi connectivity index (χ2v) is 11.5. The Kier molecular flexibility index (Phi) is 8.64. The second-order valence-electron chi connectivity index (χ2n) is 6.68. The zero-order valence-corrected chi connectivity index (χ0v) is 14.1. The molecule has 1 nitrogen and oxygen atoms in total. The highest BCUT2D eigenvalue weighted by molar-refractivity contribution is 6.74. The first-order valence-electron chi connectivity index (χ1n) is 7.39. The molecule has 0 saturated heterocycles. The van der Waals surface area contributed by atoms with Crippen LogP contribution in [0, 0.1) is 12.3 Å². The summed E-state index contributed by atoms with van der Waals surface area (Å²) >= 11 is 0. The van der Waals surface area contributed by atoms with Crippen LogP contribution in [0.2, 0.25) is 18.1 Å². The third-order valence-electron chi connectivity index (χ3n) is 3.98. The van der Waals surface area contributed by atoms with Crippen molar-refractivity contribution in [2.24, 2.45) is 0 Å². The molecule has 0 atom stereocenters. The average molecular weight is 269 g/mol. The molecule has 0 aromatic heterocycles. The molecule has 0 aromatic rings. The van der Waals surface area contributed by atoms with Crippen molar-refractivity contribution in [1.82, 2.24) is 0 Å². The fraction of sp³-hybridized carbons (Fsp3) is 0.875. The summed E-state index contributed by atoms with van der Waals surface area (Å²) in [5.41, 5.74) is 0. The summed E-state index contributed by atoms with van der Waals surface area (Å²) in [5.74, 6) is 2.69. The molecule has 106 valence electrons. The van der Waals surface area contributed by atoms with Crippen molar-refractivity contribution in [1.29, 1.82) is 0 Å². The Morgan fingerprint density at radius 2 is 1.44 bits per heavy atom. The van der Waals surface area contributed by atoms with Crippen LogP contribution < -0.4 is 0 Å². The molecule has 0 aliphatic heterocycles. The molecule has 0 aliphatic rings. The van der Waals surface area contributed by atoms with Crippen LogP contribution in [0.1, 0.15) is 65.7 Å². The summed E-state index contributed by atoms with van der Waals surface area (Å²) < 4.78 is 6.15. The van der Waals surface area contributed by atoms with Gasteiger partial charge in [-0.05, 0) is 31.0 Å². The molecule has 0 heterocycles. The summed E-state index contributed by atoms with van der Waals surface area (Å²) in [7, 11) is -1.51. The molecule has 18 heavy (non-hydrogen) atoms. The van der Waals surface area contributed by atoms with Crippen LogP contribution >= 0.6 is 0 Å². The molecule has 0 unspecified atom stereocenters. The maximum absolute atomic E-state index is 6.15. The molecule has 0 rings (SSSR count). The normalized spacial score (nSPS) is 12.4. The van der Waals surface area contributed by atoms with E-state index in [1.807, 2.05) is 0 Å². The van der Waals surface area contributed by atoms with Crippen molar-refractivity contribution < 1.29 is 4.43 Å². The number of hydrogen-bond acceptors (Lipinski definition) is 1. The van der Waals surface area contributed by atoms with Crippen LogP contribution in [0.5, 0.6) is 0 Å². The largest absolute Gasteiger partial charge is 0.417 e. The van der Waals surface area contributed by atoms with Gasteiger partial charge >= 0.3 is 0 Å². The van der Waals surface area contributed by atoms with Crippen molar-refractivity contribution in [3.63, 3.8) is 0 Å². The Morgan fingerprint density at radius 1 is 0.944 bits per heavy atom. The molecule has 2 heteroatoms. The van der Waals surface area contributed by atoms with E-state index < -0.39 is 8.32 Å². The Bertz CT molecular complexity index is 245. The molecule has 0 amide bonds.